The summed E-state index contributed by atoms with van der Waals surface area (Å²) in [6.45, 7) is 1.51. The van der Waals surface area contributed by atoms with Crippen molar-refractivity contribution in [2.45, 2.75) is 13.3 Å². The van der Waals surface area contributed by atoms with Crippen LogP contribution in [0.5, 0.6) is 0 Å². The van der Waals surface area contributed by atoms with E-state index in [2.05, 4.69) is 15.9 Å². The third kappa shape index (κ3) is 2.82. The normalized spacial score (nSPS) is 10.5. The Kier molecular flexibility index (Phi) is 3.43. The molecule has 2 aromatic rings. The molecule has 1 aromatic heterocycles. The van der Waals surface area contributed by atoms with Crippen molar-refractivity contribution < 1.29 is 13.6 Å². The van der Waals surface area contributed by atoms with Crippen LogP contribution < -0.4 is 0 Å². The summed E-state index contributed by atoms with van der Waals surface area (Å²) in [6.07, 6.45) is 0.277. The summed E-state index contributed by atoms with van der Waals surface area (Å²) >= 11 is 3.28. The predicted molar refractivity (Wildman–Crippen MR) is 66.2 cm³/mol. The number of furan rings is 1. The molecule has 1 aromatic carbocycles. The Morgan fingerprint density at radius 2 is 2.12 bits per heavy atom. The Balaban J connectivity index is 2.33. The highest BCUT2D eigenvalue weighted by molar-refractivity contribution is 9.10. The Hall–Kier alpha value is -1.42. The number of carbonyl (C=O) groups excluding carboxylic acids is 1. The standard InChI is InChI=1S/C13H10BrFO2/c1-8(16)6-10-3-5-13(17-10)11-4-2-9(15)7-12(11)14/h2-5,7H,6H2,1H3. The van der Waals surface area contributed by atoms with Crippen molar-refractivity contribution >= 4 is 21.7 Å². The van der Waals surface area contributed by atoms with Crippen LogP contribution in [-0.2, 0) is 11.2 Å². The van der Waals surface area contributed by atoms with Gasteiger partial charge in [-0.05, 0) is 53.2 Å². The van der Waals surface area contributed by atoms with Gasteiger partial charge in [0.25, 0.3) is 0 Å². The SMILES string of the molecule is CC(=O)Cc1ccc(-c2ccc(F)cc2Br)o1. The molecule has 2 rings (SSSR count). The van der Waals surface area contributed by atoms with E-state index in [0.717, 1.165) is 5.56 Å². The van der Waals surface area contributed by atoms with Gasteiger partial charge in [0.05, 0.1) is 6.42 Å². The third-order valence-electron chi connectivity index (χ3n) is 2.28. The lowest BCUT2D eigenvalue weighted by atomic mass is 10.2. The van der Waals surface area contributed by atoms with E-state index in [-0.39, 0.29) is 18.0 Å². The minimum Gasteiger partial charge on any atom is -0.461 e. The van der Waals surface area contributed by atoms with Gasteiger partial charge < -0.3 is 4.42 Å². The number of hydrogen-bond donors (Lipinski definition) is 0. The van der Waals surface area contributed by atoms with Crippen molar-refractivity contribution in [2.24, 2.45) is 0 Å². The number of halogens is 2. The first kappa shape index (κ1) is 12.0. The molecule has 0 aliphatic carbocycles. The Labute approximate surface area is 107 Å². The van der Waals surface area contributed by atoms with E-state index in [0.29, 0.717) is 16.0 Å². The van der Waals surface area contributed by atoms with Gasteiger partial charge in [0.1, 0.15) is 23.1 Å². The monoisotopic (exact) mass is 296 g/mol. The Bertz CT molecular complexity index is 560. The molecule has 0 bridgehead atoms. The van der Waals surface area contributed by atoms with Crippen LogP contribution in [0.1, 0.15) is 12.7 Å². The first-order chi connectivity index (χ1) is 8.06. The minimum absolute atomic E-state index is 0.0454. The Morgan fingerprint density at radius 3 is 2.76 bits per heavy atom. The van der Waals surface area contributed by atoms with Gasteiger partial charge >= 0.3 is 0 Å². The molecule has 2 nitrogen and oxygen atoms in total. The summed E-state index contributed by atoms with van der Waals surface area (Å²) in [4.78, 5) is 11.0. The lowest BCUT2D eigenvalue weighted by Gasteiger charge is -2.00. The van der Waals surface area contributed by atoms with E-state index in [1.807, 2.05) is 0 Å². The largest absolute Gasteiger partial charge is 0.461 e. The van der Waals surface area contributed by atoms with Gasteiger partial charge in [0.15, 0.2) is 0 Å². The predicted octanol–water partition coefficient (Wildman–Crippen LogP) is 3.98. The molecule has 4 heteroatoms. The molecule has 0 radical (unpaired) electrons. The highest BCUT2D eigenvalue weighted by Crippen LogP contribution is 2.30. The molecule has 0 fully saturated rings. The Morgan fingerprint density at radius 1 is 1.35 bits per heavy atom. The van der Waals surface area contributed by atoms with Crippen molar-refractivity contribution in [3.63, 3.8) is 0 Å². The maximum atomic E-state index is 12.9. The molecule has 88 valence electrons. The zero-order valence-corrected chi connectivity index (χ0v) is 10.8. The van der Waals surface area contributed by atoms with E-state index >= 15 is 0 Å². The molecule has 0 unspecified atom stereocenters. The summed E-state index contributed by atoms with van der Waals surface area (Å²) in [5, 5.41) is 0. The maximum Gasteiger partial charge on any atom is 0.137 e. The number of benzene rings is 1. The van der Waals surface area contributed by atoms with Gasteiger partial charge in [-0.3, -0.25) is 4.79 Å². The van der Waals surface area contributed by atoms with Crippen LogP contribution in [0.3, 0.4) is 0 Å². The topological polar surface area (TPSA) is 30.2 Å². The van der Waals surface area contributed by atoms with Crippen molar-refractivity contribution in [1.29, 1.82) is 0 Å². The third-order valence-corrected chi connectivity index (χ3v) is 2.94. The fourth-order valence-corrected chi connectivity index (χ4v) is 2.10. The van der Waals surface area contributed by atoms with Gasteiger partial charge in [-0.15, -0.1) is 0 Å². The van der Waals surface area contributed by atoms with Crippen LogP contribution in [0.2, 0.25) is 0 Å². The number of carbonyl (C=O) groups is 1. The summed E-state index contributed by atoms with van der Waals surface area (Å²) in [5.41, 5.74) is 0.765. The number of ketones is 1. The molecule has 1 heterocycles. The first-order valence-electron chi connectivity index (χ1n) is 5.10. The van der Waals surface area contributed by atoms with E-state index in [1.54, 1.807) is 18.2 Å². The average Bonchev–Trinajstić information content (AvgIpc) is 2.65. The zero-order chi connectivity index (χ0) is 12.4. The van der Waals surface area contributed by atoms with Gasteiger partial charge in [-0.25, -0.2) is 4.39 Å². The molecule has 0 saturated heterocycles. The minimum atomic E-state index is -0.309. The van der Waals surface area contributed by atoms with Crippen LogP contribution in [0.25, 0.3) is 11.3 Å². The van der Waals surface area contributed by atoms with Gasteiger partial charge in [0.2, 0.25) is 0 Å². The molecule has 0 saturated carbocycles. The van der Waals surface area contributed by atoms with E-state index in [4.69, 9.17) is 4.42 Å². The first-order valence-corrected chi connectivity index (χ1v) is 5.89. The summed E-state index contributed by atoms with van der Waals surface area (Å²) < 4.78 is 19.1. The fourth-order valence-electron chi connectivity index (χ4n) is 1.55. The van der Waals surface area contributed by atoms with Crippen LogP contribution >= 0.6 is 15.9 Å². The molecular formula is C13H10BrFO2. The molecule has 0 aliphatic rings. The van der Waals surface area contributed by atoms with Crippen LogP contribution in [0.15, 0.2) is 39.2 Å². The lowest BCUT2D eigenvalue weighted by molar-refractivity contribution is -0.116. The molecule has 0 aliphatic heterocycles. The van der Waals surface area contributed by atoms with Crippen molar-refractivity contribution in [3.05, 3.63) is 46.4 Å². The van der Waals surface area contributed by atoms with Gasteiger partial charge in [0, 0.05) is 10.0 Å². The molecule has 0 N–H and O–H groups in total. The van der Waals surface area contributed by atoms with Crippen molar-refractivity contribution in [2.75, 3.05) is 0 Å². The van der Waals surface area contributed by atoms with E-state index < -0.39 is 0 Å². The van der Waals surface area contributed by atoms with E-state index in [9.17, 15) is 9.18 Å². The number of rotatable bonds is 3. The molecule has 0 atom stereocenters. The van der Waals surface area contributed by atoms with Gasteiger partial charge in [-0.1, -0.05) is 0 Å². The molecule has 0 amide bonds. The highest BCUT2D eigenvalue weighted by Gasteiger charge is 2.10. The van der Waals surface area contributed by atoms with E-state index in [1.165, 1.54) is 19.1 Å². The number of Topliss-reactive ketones (excluding diaryl/α,β-unsaturated/α-hetero) is 1. The van der Waals surface area contributed by atoms with Crippen LogP contribution in [0.4, 0.5) is 4.39 Å². The molecule has 17 heavy (non-hydrogen) atoms. The van der Waals surface area contributed by atoms with Crippen molar-refractivity contribution in [1.82, 2.24) is 0 Å². The second-order valence-corrected chi connectivity index (χ2v) is 4.62. The second-order valence-electron chi connectivity index (χ2n) is 3.77. The smallest absolute Gasteiger partial charge is 0.137 e. The fraction of sp³-hybridized carbons (Fsp3) is 0.154. The average molecular weight is 297 g/mol. The van der Waals surface area contributed by atoms with Crippen LogP contribution in [0, 0.1) is 5.82 Å². The van der Waals surface area contributed by atoms with Crippen molar-refractivity contribution in [3.8, 4) is 11.3 Å². The summed E-state index contributed by atoms with van der Waals surface area (Å²) in [5.74, 6) is 0.970. The van der Waals surface area contributed by atoms with Crippen LogP contribution in [-0.4, -0.2) is 5.78 Å². The summed E-state index contributed by atoms with van der Waals surface area (Å²) in [6, 6.07) is 7.91. The zero-order valence-electron chi connectivity index (χ0n) is 9.17. The molecular weight excluding hydrogens is 287 g/mol. The quantitative estimate of drug-likeness (QED) is 0.857. The highest BCUT2D eigenvalue weighted by atomic mass is 79.9. The second kappa shape index (κ2) is 4.84. The number of hydrogen-bond acceptors (Lipinski definition) is 2. The lowest BCUT2D eigenvalue weighted by Crippen LogP contribution is -1.93. The maximum absolute atomic E-state index is 12.9. The molecule has 0 spiro atoms. The summed E-state index contributed by atoms with van der Waals surface area (Å²) in [7, 11) is 0. The van der Waals surface area contributed by atoms with Gasteiger partial charge in [-0.2, -0.15) is 0 Å².